The topological polar surface area (TPSA) is 29.0 Å². The van der Waals surface area contributed by atoms with Crippen LogP contribution in [0.3, 0.4) is 0 Å². The van der Waals surface area contributed by atoms with Gasteiger partial charge < -0.3 is 4.90 Å². The third-order valence-corrected chi connectivity index (χ3v) is 5.42. The highest BCUT2D eigenvalue weighted by atomic mass is 79.9. The van der Waals surface area contributed by atoms with Gasteiger partial charge in [0.25, 0.3) is 0 Å². The number of piperidine rings is 1. The average molecular weight is 312 g/mol. The van der Waals surface area contributed by atoms with Gasteiger partial charge in [-0.3, -0.25) is 0 Å². The molecule has 1 aliphatic heterocycles. The summed E-state index contributed by atoms with van der Waals surface area (Å²) in [5, 5.41) is 3.27. The predicted molar refractivity (Wildman–Crippen MR) is 76.1 cm³/mol. The number of rotatable bonds is 1. The number of alkyl halides is 1. The molecule has 3 heterocycles. The van der Waals surface area contributed by atoms with Gasteiger partial charge in [-0.2, -0.15) is 0 Å². The Hall–Kier alpha value is -0.680. The van der Waals surface area contributed by atoms with E-state index in [-0.39, 0.29) is 0 Å². The zero-order valence-electron chi connectivity index (χ0n) is 9.64. The standard InChI is InChI=1S/C12H14BrN3S/c1-8-2-4-16(6-10(8)13)11-9-3-5-17-12(9)15-7-14-11/h3,5,7-8,10H,2,4,6H2,1H3. The fourth-order valence-electron chi connectivity index (χ4n) is 2.24. The van der Waals surface area contributed by atoms with Gasteiger partial charge in [0.2, 0.25) is 0 Å². The molecular formula is C12H14BrN3S. The van der Waals surface area contributed by atoms with E-state index >= 15 is 0 Å². The zero-order chi connectivity index (χ0) is 11.8. The molecule has 2 atom stereocenters. The second-order valence-corrected chi connectivity index (χ2v) is 6.64. The van der Waals surface area contributed by atoms with Crippen LogP contribution in [0.15, 0.2) is 17.8 Å². The third kappa shape index (κ3) is 2.06. The van der Waals surface area contributed by atoms with Crippen LogP contribution in [0, 0.1) is 5.92 Å². The van der Waals surface area contributed by atoms with E-state index in [1.54, 1.807) is 17.7 Å². The molecule has 2 aromatic heterocycles. The van der Waals surface area contributed by atoms with E-state index in [1.165, 1.54) is 11.8 Å². The summed E-state index contributed by atoms with van der Waals surface area (Å²) in [6, 6.07) is 2.12. The number of nitrogens with zero attached hydrogens (tertiary/aromatic N) is 3. The number of aromatic nitrogens is 2. The second kappa shape index (κ2) is 4.53. The first-order valence-electron chi connectivity index (χ1n) is 5.83. The molecule has 0 N–H and O–H groups in total. The zero-order valence-corrected chi connectivity index (χ0v) is 12.0. The number of fused-ring (bicyclic) bond motifs is 1. The molecule has 17 heavy (non-hydrogen) atoms. The van der Waals surface area contributed by atoms with Gasteiger partial charge in [-0.1, -0.05) is 22.9 Å². The first-order valence-corrected chi connectivity index (χ1v) is 7.62. The Bertz CT molecular complexity index is 527. The molecular weight excluding hydrogens is 298 g/mol. The van der Waals surface area contributed by atoms with Crippen LogP contribution in [0.4, 0.5) is 5.82 Å². The number of halogens is 1. The molecule has 0 amide bonds. The molecule has 0 radical (unpaired) electrons. The third-order valence-electron chi connectivity index (χ3n) is 3.41. The van der Waals surface area contributed by atoms with Crippen molar-refractivity contribution in [2.45, 2.75) is 18.2 Å². The van der Waals surface area contributed by atoms with Gasteiger partial charge in [-0.05, 0) is 23.8 Å². The van der Waals surface area contributed by atoms with E-state index in [2.05, 4.69) is 49.2 Å². The van der Waals surface area contributed by atoms with Gasteiger partial charge in [0.1, 0.15) is 17.0 Å². The lowest BCUT2D eigenvalue weighted by atomic mass is 9.99. The Kier molecular flexibility index (Phi) is 3.04. The van der Waals surface area contributed by atoms with Crippen molar-refractivity contribution < 1.29 is 0 Å². The molecule has 3 nitrogen and oxygen atoms in total. The molecule has 0 saturated carbocycles. The van der Waals surface area contributed by atoms with Crippen molar-refractivity contribution in [3.05, 3.63) is 17.8 Å². The summed E-state index contributed by atoms with van der Waals surface area (Å²) in [4.78, 5) is 12.8. The molecule has 2 aromatic rings. The molecule has 5 heteroatoms. The average Bonchev–Trinajstić information content (AvgIpc) is 2.80. The van der Waals surface area contributed by atoms with Gasteiger partial charge in [-0.25, -0.2) is 9.97 Å². The predicted octanol–water partition coefficient (Wildman–Crippen LogP) is 3.30. The Morgan fingerprint density at radius 2 is 2.35 bits per heavy atom. The minimum Gasteiger partial charge on any atom is -0.355 e. The Balaban J connectivity index is 1.96. The van der Waals surface area contributed by atoms with Crippen molar-refractivity contribution in [3.8, 4) is 0 Å². The minimum atomic E-state index is 0.555. The fraction of sp³-hybridized carbons (Fsp3) is 0.500. The number of hydrogen-bond donors (Lipinski definition) is 0. The van der Waals surface area contributed by atoms with E-state index in [0.717, 1.165) is 29.7 Å². The summed E-state index contributed by atoms with van der Waals surface area (Å²) in [5.41, 5.74) is 0. The highest BCUT2D eigenvalue weighted by molar-refractivity contribution is 9.09. The molecule has 0 bridgehead atoms. The molecule has 1 saturated heterocycles. The van der Waals surface area contributed by atoms with Crippen molar-refractivity contribution in [2.75, 3.05) is 18.0 Å². The molecule has 90 valence electrons. The van der Waals surface area contributed by atoms with Gasteiger partial charge in [0.05, 0.1) is 5.39 Å². The van der Waals surface area contributed by atoms with Gasteiger partial charge >= 0.3 is 0 Å². The molecule has 1 fully saturated rings. The smallest absolute Gasteiger partial charge is 0.140 e. The molecule has 0 aromatic carbocycles. The molecule has 1 aliphatic rings. The summed E-state index contributed by atoms with van der Waals surface area (Å²) in [5.74, 6) is 1.83. The van der Waals surface area contributed by atoms with Gasteiger partial charge in [-0.15, -0.1) is 11.3 Å². The van der Waals surface area contributed by atoms with Crippen molar-refractivity contribution in [3.63, 3.8) is 0 Å². The van der Waals surface area contributed by atoms with Crippen LogP contribution in [0.25, 0.3) is 10.2 Å². The second-order valence-electron chi connectivity index (χ2n) is 4.56. The maximum atomic E-state index is 4.46. The minimum absolute atomic E-state index is 0.555. The summed E-state index contributed by atoms with van der Waals surface area (Å²) in [6.07, 6.45) is 2.89. The van der Waals surface area contributed by atoms with E-state index in [4.69, 9.17) is 0 Å². The van der Waals surface area contributed by atoms with Crippen LogP contribution in [-0.2, 0) is 0 Å². The maximum absolute atomic E-state index is 4.46. The summed E-state index contributed by atoms with van der Waals surface area (Å²) in [6.45, 7) is 4.42. The Labute approximate surface area is 113 Å². The number of anilines is 1. The lowest BCUT2D eigenvalue weighted by molar-refractivity contribution is 0.455. The van der Waals surface area contributed by atoms with E-state index in [0.29, 0.717) is 4.83 Å². The van der Waals surface area contributed by atoms with Crippen LogP contribution >= 0.6 is 27.3 Å². The van der Waals surface area contributed by atoms with E-state index < -0.39 is 0 Å². The van der Waals surface area contributed by atoms with Crippen molar-refractivity contribution in [1.29, 1.82) is 0 Å². The van der Waals surface area contributed by atoms with Crippen LogP contribution < -0.4 is 4.90 Å². The monoisotopic (exact) mass is 311 g/mol. The lowest BCUT2D eigenvalue weighted by Crippen LogP contribution is -2.40. The molecule has 0 aliphatic carbocycles. The van der Waals surface area contributed by atoms with Gasteiger partial charge in [0.15, 0.2) is 0 Å². The fourth-order valence-corrected chi connectivity index (χ4v) is 3.58. The maximum Gasteiger partial charge on any atom is 0.140 e. The number of hydrogen-bond acceptors (Lipinski definition) is 4. The van der Waals surface area contributed by atoms with Crippen molar-refractivity contribution in [2.24, 2.45) is 5.92 Å². The van der Waals surface area contributed by atoms with Crippen LogP contribution in [0.1, 0.15) is 13.3 Å². The van der Waals surface area contributed by atoms with E-state index in [1.807, 2.05) is 0 Å². The van der Waals surface area contributed by atoms with Crippen molar-refractivity contribution >= 4 is 43.3 Å². The summed E-state index contributed by atoms with van der Waals surface area (Å²) in [7, 11) is 0. The SMILES string of the molecule is CC1CCN(c2ncnc3sccc23)CC1Br. The Morgan fingerprint density at radius 1 is 1.47 bits per heavy atom. The normalized spacial score (nSPS) is 25.4. The molecule has 3 rings (SSSR count). The van der Waals surface area contributed by atoms with Crippen LogP contribution in [0.2, 0.25) is 0 Å². The van der Waals surface area contributed by atoms with Crippen LogP contribution in [-0.4, -0.2) is 27.9 Å². The lowest BCUT2D eigenvalue weighted by Gasteiger charge is -2.35. The van der Waals surface area contributed by atoms with Gasteiger partial charge in [0, 0.05) is 17.9 Å². The Morgan fingerprint density at radius 3 is 3.18 bits per heavy atom. The van der Waals surface area contributed by atoms with E-state index in [9.17, 15) is 0 Å². The molecule has 0 spiro atoms. The number of thiophene rings is 1. The first kappa shape index (κ1) is 11.4. The quantitative estimate of drug-likeness (QED) is 0.757. The molecule has 2 unspecified atom stereocenters. The van der Waals surface area contributed by atoms with Crippen LogP contribution in [0.5, 0.6) is 0 Å². The summed E-state index contributed by atoms with van der Waals surface area (Å²) < 4.78 is 0. The largest absolute Gasteiger partial charge is 0.355 e. The first-order chi connectivity index (χ1) is 8.25. The highest BCUT2D eigenvalue weighted by Crippen LogP contribution is 2.31. The highest BCUT2D eigenvalue weighted by Gasteiger charge is 2.25. The van der Waals surface area contributed by atoms with Crippen molar-refractivity contribution in [1.82, 2.24) is 9.97 Å². The summed E-state index contributed by atoms with van der Waals surface area (Å²) >= 11 is 5.44.